The van der Waals surface area contributed by atoms with Gasteiger partial charge < -0.3 is 10.1 Å². The van der Waals surface area contributed by atoms with E-state index in [9.17, 15) is 18.0 Å². The first-order valence-corrected chi connectivity index (χ1v) is 11.2. The molecular formula is C25H25F3N6O2. The summed E-state index contributed by atoms with van der Waals surface area (Å²) in [6, 6.07) is 7.44. The van der Waals surface area contributed by atoms with Crippen molar-refractivity contribution in [3.8, 4) is 0 Å². The number of fused-ring (bicyclic) bond motifs is 1. The molecule has 2 N–H and O–H groups in total. The highest BCUT2D eigenvalue weighted by Crippen LogP contribution is 2.33. The molecule has 1 aromatic carbocycles. The van der Waals surface area contributed by atoms with Crippen LogP contribution in [0.5, 0.6) is 0 Å². The van der Waals surface area contributed by atoms with Crippen molar-refractivity contribution in [3.63, 3.8) is 0 Å². The summed E-state index contributed by atoms with van der Waals surface area (Å²) in [7, 11) is 0. The number of aliphatic imine (C=N–C) groups is 1. The molecular weight excluding hydrogens is 473 g/mol. The van der Waals surface area contributed by atoms with E-state index in [1.165, 1.54) is 6.20 Å². The average Bonchev–Trinajstić information content (AvgIpc) is 3.28. The van der Waals surface area contributed by atoms with E-state index >= 15 is 0 Å². The van der Waals surface area contributed by atoms with Gasteiger partial charge in [0.1, 0.15) is 5.82 Å². The van der Waals surface area contributed by atoms with E-state index in [2.05, 4.69) is 37.1 Å². The van der Waals surface area contributed by atoms with Crippen LogP contribution in [-0.4, -0.2) is 65.6 Å². The fourth-order valence-corrected chi connectivity index (χ4v) is 3.95. The molecule has 3 aromatic rings. The number of nitrogens with zero attached hydrogens (tertiary/aromatic N) is 4. The van der Waals surface area contributed by atoms with Gasteiger partial charge in [-0.1, -0.05) is 12.1 Å². The molecule has 1 aliphatic heterocycles. The van der Waals surface area contributed by atoms with E-state index in [1.807, 2.05) is 19.1 Å². The topological polar surface area (TPSA) is 95.5 Å². The lowest BCUT2D eigenvalue weighted by Gasteiger charge is -2.26. The number of anilines is 1. The highest BCUT2D eigenvalue weighted by molar-refractivity contribution is 6.11. The Labute approximate surface area is 205 Å². The number of hydrogen-bond donors (Lipinski definition) is 2. The second kappa shape index (κ2) is 10.8. The van der Waals surface area contributed by atoms with E-state index in [0.717, 1.165) is 41.9 Å². The van der Waals surface area contributed by atoms with Crippen molar-refractivity contribution < 1.29 is 22.7 Å². The van der Waals surface area contributed by atoms with Crippen LogP contribution in [0.1, 0.15) is 28.5 Å². The highest BCUT2D eigenvalue weighted by atomic mass is 19.4. The highest BCUT2D eigenvalue weighted by Gasteiger charge is 2.34. The number of aromatic nitrogens is 3. The Balaban J connectivity index is 1.60. The van der Waals surface area contributed by atoms with Crippen LogP contribution in [-0.2, 0) is 10.9 Å². The summed E-state index contributed by atoms with van der Waals surface area (Å²) in [5.74, 6) is -1.37. The number of aromatic amines is 1. The third-order valence-electron chi connectivity index (χ3n) is 5.75. The van der Waals surface area contributed by atoms with Crippen LogP contribution in [0.3, 0.4) is 0 Å². The van der Waals surface area contributed by atoms with Gasteiger partial charge in [0.15, 0.2) is 5.69 Å². The number of morpholine rings is 1. The number of amides is 1. The summed E-state index contributed by atoms with van der Waals surface area (Å²) in [5.41, 5.74) is 2.21. The molecule has 0 saturated carbocycles. The number of alkyl halides is 3. The van der Waals surface area contributed by atoms with Gasteiger partial charge in [0, 0.05) is 37.4 Å². The van der Waals surface area contributed by atoms with E-state index in [-0.39, 0.29) is 5.69 Å². The molecule has 188 valence electrons. The Kier molecular flexibility index (Phi) is 7.61. The minimum atomic E-state index is -4.66. The van der Waals surface area contributed by atoms with Crippen LogP contribution < -0.4 is 5.32 Å². The zero-order chi connectivity index (χ0) is 25.7. The van der Waals surface area contributed by atoms with E-state index in [0.29, 0.717) is 30.7 Å². The normalized spacial score (nSPS) is 15.8. The van der Waals surface area contributed by atoms with Gasteiger partial charge >= 0.3 is 6.18 Å². The number of pyridine rings is 1. The molecule has 0 atom stereocenters. The third-order valence-corrected chi connectivity index (χ3v) is 5.75. The molecule has 1 amide bonds. The van der Waals surface area contributed by atoms with Gasteiger partial charge in [-0.2, -0.15) is 18.3 Å². The van der Waals surface area contributed by atoms with Crippen molar-refractivity contribution >= 4 is 34.9 Å². The summed E-state index contributed by atoms with van der Waals surface area (Å²) in [6.07, 6.45) is 0.222. The van der Waals surface area contributed by atoms with Gasteiger partial charge in [-0.15, -0.1) is 0 Å². The molecule has 0 bridgehead atoms. The number of rotatable bonds is 7. The lowest BCUT2D eigenvalue weighted by atomic mass is 10.0. The van der Waals surface area contributed by atoms with Crippen molar-refractivity contribution in [2.24, 2.45) is 4.99 Å². The van der Waals surface area contributed by atoms with Crippen molar-refractivity contribution in [1.82, 2.24) is 20.1 Å². The Morgan fingerprint density at radius 1 is 1.31 bits per heavy atom. The molecule has 0 aliphatic carbocycles. The van der Waals surface area contributed by atoms with Crippen LogP contribution in [0.25, 0.3) is 16.5 Å². The Morgan fingerprint density at radius 2 is 2.08 bits per heavy atom. The summed E-state index contributed by atoms with van der Waals surface area (Å²) >= 11 is 0. The summed E-state index contributed by atoms with van der Waals surface area (Å²) in [4.78, 5) is 22.7. The molecule has 1 aliphatic rings. The molecule has 36 heavy (non-hydrogen) atoms. The van der Waals surface area contributed by atoms with Gasteiger partial charge in [0.25, 0.3) is 5.91 Å². The standard InChI is InChI=1S/C25H25F3N6O2/c1-16(12-17(14-29-2)15-34-8-10-36-11-9-34)18-5-6-21-19(13-18)22(33-32-21)24(35)31-23-20(25(26,27)28)4-3-7-30-23/h3-7,12-14H,2,8-11,15H2,1H3,(H,32,33)(H,30,31,35)/b16-12+,17-14+. The number of halogens is 3. The SMILES string of the molecule is C=N/C=C(\C=C(/C)c1ccc2[nH]nc(C(=O)Nc3ncccc3C(F)(F)F)c2c1)CN1CCOCC1. The van der Waals surface area contributed by atoms with Crippen LogP contribution in [0, 0.1) is 0 Å². The van der Waals surface area contributed by atoms with Crippen molar-refractivity contribution in [2.45, 2.75) is 13.1 Å². The quantitative estimate of drug-likeness (QED) is 0.368. The van der Waals surface area contributed by atoms with E-state index in [1.54, 1.807) is 18.3 Å². The van der Waals surface area contributed by atoms with Gasteiger partial charge in [-0.3, -0.25) is 19.8 Å². The third kappa shape index (κ3) is 5.86. The van der Waals surface area contributed by atoms with Crippen LogP contribution in [0.4, 0.5) is 19.0 Å². The first-order valence-electron chi connectivity index (χ1n) is 11.2. The molecule has 0 radical (unpaired) electrons. The van der Waals surface area contributed by atoms with Gasteiger partial charge in [0.05, 0.1) is 24.3 Å². The molecule has 11 heteroatoms. The summed E-state index contributed by atoms with van der Waals surface area (Å²) < 4.78 is 45.3. The van der Waals surface area contributed by atoms with Gasteiger partial charge in [0.2, 0.25) is 0 Å². The van der Waals surface area contributed by atoms with E-state index in [4.69, 9.17) is 4.74 Å². The van der Waals surface area contributed by atoms with Crippen molar-refractivity contribution in [3.05, 3.63) is 71.2 Å². The number of ether oxygens (including phenoxy) is 1. The number of carbonyl (C=O) groups excluding carboxylic acids is 1. The Hall–Kier alpha value is -3.83. The first kappa shape index (κ1) is 25.3. The number of allylic oxidation sites excluding steroid dienone is 1. The largest absolute Gasteiger partial charge is 0.419 e. The maximum absolute atomic E-state index is 13.3. The Morgan fingerprint density at radius 3 is 2.81 bits per heavy atom. The van der Waals surface area contributed by atoms with Crippen LogP contribution in [0.15, 0.2) is 59.4 Å². The number of H-pyrrole nitrogens is 1. The number of nitrogens with one attached hydrogen (secondary N) is 2. The monoisotopic (exact) mass is 498 g/mol. The predicted molar refractivity (Wildman–Crippen MR) is 132 cm³/mol. The van der Waals surface area contributed by atoms with Crippen molar-refractivity contribution in [2.75, 3.05) is 38.2 Å². The summed E-state index contributed by atoms with van der Waals surface area (Å²) in [5, 5.41) is 9.51. The molecule has 2 aromatic heterocycles. The molecule has 4 rings (SSSR count). The molecule has 1 fully saturated rings. The molecule has 3 heterocycles. The fourth-order valence-electron chi connectivity index (χ4n) is 3.95. The average molecular weight is 499 g/mol. The first-order chi connectivity index (χ1) is 17.3. The Bertz CT molecular complexity index is 1320. The molecule has 0 unspecified atom stereocenters. The predicted octanol–water partition coefficient (Wildman–Crippen LogP) is 4.55. The van der Waals surface area contributed by atoms with Crippen LogP contribution >= 0.6 is 0 Å². The van der Waals surface area contributed by atoms with Gasteiger partial charge in [-0.25, -0.2) is 4.98 Å². The smallest absolute Gasteiger partial charge is 0.379 e. The minimum Gasteiger partial charge on any atom is -0.379 e. The minimum absolute atomic E-state index is 0.0322. The fraction of sp³-hybridized carbons (Fsp3) is 0.280. The second-order valence-corrected chi connectivity index (χ2v) is 8.29. The zero-order valence-corrected chi connectivity index (χ0v) is 19.6. The number of benzene rings is 1. The summed E-state index contributed by atoms with van der Waals surface area (Å²) in [6.45, 7) is 9.20. The molecule has 0 spiro atoms. The van der Waals surface area contributed by atoms with Gasteiger partial charge in [-0.05, 0) is 54.6 Å². The van der Waals surface area contributed by atoms with E-state index < -0.39 is 23.5 Å². The number of hydrogen-bond acceptors (Lipinski definition) is 6. The molecule has 8 nitrogen and oxygen atoms in total. The second-order valence-electron chi connectivity index (χ2n) is 8.29. The maximum Gasteiger partial charge on any atom is 0.419 e. The lowest BCUT2D eigenvalue weighted by Crippen LogP contribution is -2.37. The maximum atomic E-state index is 13.3. The zero-order valence-electron chi connectivity index (χ0n) is 19.6. The molecule has 1 saturated heterocycles. The van der Waals surface area contributed by atoms with Crippen LogP contribution in [0.2, 0.25) is 0 Å². The van der Waals surface area contributed by atoms with Crippen molar-refractivity contribution in [1.29, 1.82) is 0 Å². The lowest BCUT2D eigenvalue weighted by molar-refractivity contribution is -0.137. The number of carbonyl (C=O) groups is 1.